The van der Waals surface area contributed by atoms with Gasteiger partial charge in [0.2, 0.25) is 5.91 Å². The van der Waals surface area contributed by atoms with Crippen LogP contribution >= 0.6 is 34.7 Å². The van der Waals surface area contributed by atoms with Crippen molar-refractivity contribution < 1.29 is 9.59 Å². The van der Waals surface area contributed by atoms with Crippen LogP contribution in [0, 0.1) is 6.92 Å². The highest BCUT2D eigenvalue weighted by molar-refractivity contribution is 7.99. The molecule has 0 unspecified atom stereocenters. The molecule has 2 N–H and O–H groups in total. The van der Waals surface area contributed by atoms with Crippen molar-refractivity contribution in [3.05, 3.63) is 110 Å². The number of H-pyrrole nitrogens is 1. The Bertz CT molecular complexity index is 1680. The van der Waals surface area contributed by atoms with Crippen LogP contribution in [0.1, 0.15) is 20.8 Å². The van der Waals surface area contributed by atoms with Crippen LogP contribution in [0.4, 0.5) is 5.69 Å². The van der Waals surface area contributed by atoms with E-state index in [1.165, 1.54) is 17.4 Å². The fourth-order valence-electron chi connectivity index (χ4n) is 4.00. The van der Waals surface area contributed by atoms with Gasteiger partial charge in [0.1, 0.15) is 4.83 Å². The van der Waals surface area contributed by atoms with Gasteiger partial charge in [-0.25, -0.2) is 4.98 Å². The average Bonchev–Trinajstić information content (AvgIpc) is 3.25. The van der Waals surface area contributed by atoms with Crippen molar-refractivity contribution >= 4 is 62.3 Å². The van der Waals surface area contributed by atoms with E-state index in [4.69, 9.17) is 11.6 Å². The minimum Gasteiger partial charge on any atom is -0.325 e. The first kappa shape index (κ1) is 25.0. The highest BCUT2D eigenvalue weighted by Crippen LogP contribution is 2.36. The predicted octanol–water partition coefficient (Wildman–Crippen LogP) is 6.58. The summed E-state index contributed by atoms with van der Waals surface area (Å²) in [7, 11) is 0. The lowest BCUT2D eigenvalue weighted by Gasteiger charge is -2.11. The lowest BCUT2D eigenvalue weighted by molar-refractivity contribution is -0.113. The largest absolute Gasteiger partial charge is 0.325 e. The molecule has 0 aliphatic rings. The molecule has 184 valence electrons. The third-order valence-corrected chi connectivity index (χ3v) is 7.76. The Hall–Kier alpha value is -3.72. The second-order valence-corrected chi connectivity index (χ2v) is 10.8. The number of aromatic amines is 1. The number of thioether (sulfide) groups is 1. The smallest absolute Gasteiger partial charge is 0.260 e. The first-order valence-electron chi connectivity index (χ1n) is 11.3. The summed E-state index contributed by atoms with van der Waals surface area (Å²) in [6, 6.07) is 23.3. The van der Waals surface area contributed by atoms with E-state index in [9.17, 15) is 14.4 Å². The summed E-state index contributed by atoms with van der Waals surface area (Å²) < 4.78 is 0. The van der Waals surface area contributed by atoms with E-state index in [1.807, 2.05) is 43.3 Å². The summed E-state index contributed by atoms with van der Waals surface area (Å²) in [5.74, 6) is -0.597. The Morgan fingerprint density at radius 1 is 1.03 bits per heavy atom. The van der Waals surface area contributed by atoms with Crippen LogP contribution in [0.5, 0.6) is 0 Å². The third-order valence-electron chi connectivity index (χ3n) is 5.66. The maximum Gasteiger partial charge on any atom is 0.260 e. The Morgan fingerprint density at radius 3 is 2.46 bits per heavy atom. The summed E-state index contributed by atoms with van der Waals surface area (Å²) in [5, 5.41) is 4.08. The SMILES string of the molecule is Cc1sc2nc(SCC(=O)Nc3ccc(Cl)cc3C(=O)c3ccccc3)[nH]c(=O)c2c1-c1ccccc1. The van der Waals surface area contributed by atoms with E-state index < -0.39 is 0 Å². The van der Waals surface area contributed by atoms with E-state index in [0.717, 1.165) is 27.8 Å². The van der Waals surface area contributed by atoms with Crippen molar-refractivity contribution in [3.63, 3.8) is 0 Å². The number of carbonyl (C=O) groups excluding carboxylic acids is 2. The monoisotopic (exact) mass is 545 g/mol. The molecule has 2 heterocycles. The van der Waals surface area contributed by atoms with Gasteiger partial charge in [0.25, 0.3) is 5.56 Å². The van der Waals surface area contributed by atoms with Crippen LogP contribution in [0.3, 0.4) is 0 Å². The molecule has 0 aliphatic heterocycles. The van der Waals surface area contributed by atoms with Gasteiger partial charge in [0.05, 0.1) is 16.8 Å². The van der Waals surface area contributed by atoms with Crippen molar-refractivity contribution in [1.29, 1.82) is 0 Å². The Balaban J connectivity index is 1.34. The molecular formula is C28H20ClN3O3S2. The molecule has 5 aromatic rings. The minimum atomic E-state index is -0.343. The highest BCUT2D eigenvalue weighted by Gasteiger charge is 2.19. The molecule has 2 aromatic heterocycles. The normalized spacial score (nSPS) is 11.0. The van der Waals surface area contributed by atoms with Crippen molar-refractivity contribution in [1.82, 2.24) is 9.97 Å². The number of benzene rings is 3. The number of carbonyl (C=O) groups is 2. The topological polar surface area (TPSA) is 91.9 Å². The zero-order chi connectivity index (χ0) is 25.9. The molecule has 0 saturated heterocycles. The molecule has 9 heteroatoms. The van der Waals surface area contributed by atoms with Crippen LogP contribution in [0.25, 0.3) is 21.3 Å². The van der Waals surface area contributed by atoms with Crippen LogP contribution in [-0.2, 0) is 4.79 Å². The molecule has 6 nitrogen and oxygen atoms in total. The van der Waals surface area contributed by atoms with Crippen LogP contribution in [0.2, 0.25) is 5.02 Å². The third kappa shape index (κ3) is 5.36. The van der Waals surface area contributed by atoms with E-state index >= 15 is 0 Å². The number of aromatic nitrogens is 2. The van der Waals surface area contributed by atoms with E-state index in [2.05, 4.69) is 15.3 Å². The standard InChI is InChI=1S/C28H20ClN3O3S2/c1-16-23(17-8-4-2-5-9-17)24-26(35)31-28(32-27(24)37-16)36-15-22(33)30-21-13-12-19(29)14-20(21)25(34)18-10-6-3-7-11-18/h2-14H,15H2,1H3,(H,30,33)(H,31,32,35). The summed E-state index contributed by atoms with van der Waals surface area (Å²) >= 11 is 8.70. The van der Waals surface area contributed by atoms with Gasteiger partial charge in [-0.05, 0) is 30.7 Å². The van der Waals surface area contributed by atoms with E-state index in [0.29, 0.717) is 37.2 Å². The maximum absolute atomic E-state index is 13.0. The minimum absolute atomic E-state index is 0.00800. The number of rotatable bonds is 7. The van der Waals surface area contributed by atoms with Gasteiger partial charge in [0.15, 0.2) is 10.9 Å². The van der Waals surface area contributed by atoms with Gasteiger partial charge in [-0.3, -0.25) is 14.4 Å². The van der Waals surface area contributed by atoms with E-state index in [-0.39, 0.29) is 23.0 Å². The molecule has 0 bridgehead atoms. The lowest BCUT2D eigenvalue weighted by atomic mass is 10.0. The maximum atomic E-state index is 13.0. The Labute approximate surface area is 225 Å². The van der Waals surface area contributed by atoms with Crippen molar-refractivity contribution in [3.8, 4) is 11.1 Å². The second-order valence-electron chi connectivity index (χ2n) is 8.17. The van der Waals surface area contributed by atoms with Gasteiger partial charge >= 0.3 is 0 Å². The van der Waals surface area contributed by atoms with Crippen LogP contribution in [-0.4, -0.2) is 27.4 Å². The summed E-state index contributed by atoms with van der Waals surface area (Å²) in [5.41, 5.74) is 2.74. The van der Waals surface area contributed by atoms with E-state index in [1.54, 1.807) is 36.4 Å². The Kier molecular flexibility index (Phi) is 7.23. The number of ketones is 1. The molecule has 0 fully saturated rings. The number of fused-ring (bicyclic) bond motifs is 1. The fourth-order valence-corrected chi connectivity index (χ4v) is 5.93. The number of hydrogen-bond acceptors (Lipinski definition) is 6. The van der Waals surface area contributed by atoms with Crippen molar-refractivity contribution in [2.45, 2.75) is 12.1 Å². The highest BCUT2D eigenvalue weighted by atomic mass is 35.5. The van der Waals surface area contributed by atoms with Gasteiger partial charge in [-0.15, -0.1) is 11.3 Å². The zero-order valence-corrected chi connectivity index (χ0v) is 22.0. The summed E-state index contributed by atoms with van der Waals surface area (Å²) in [6.07, 6.45) is 0. The first-order valence-corrected chi connectivity index (χ1v) is 13.5. The predicted molar refractivity (Wildman–Crippen MR) is 151 cm³/mol. The first-order chi connectivity index (χ1) is 17.9. The molecular weight excluding hydrogens is 526 g/mol. The van der Waals surface area contributed by atoms with Crippen LogP contribution in [0.15, 0.2) is 88.8 Å². The molecule has 3 aromatic carbocycles. The molecule has 0 aliphatic carbocycles. The summed E-state index contributed by atoms with van der Waals surface area (Å²) in [4.78, 5) is 47.8. The molecule has 0 spiro atoms. The number of aryl methyl sites for hydroxylation is 1. The summed E-state index contributed by atoms with van der Waals surface area (Å²) in [6.45, 7) is 1.97. The average molecular weight is 546 g/mol. The number of anilines is 1. The lowest BCUT2D eigenvalue weighted by Crippen LogP contribution is -2.17. The molecule has 37 heavy (non-hydrogen) atoms. The van der Waals surface area contributed by atoms with Gasteiger partial charge in [-0.1, -0.05) is 84.0 Å². The molecule has 0 atom stereocenters. The number of nitrogens with one attached hydrogen (secondary N) is 2. The van der Waals surface area contributed by atoms with Crippen molar-refractivity contribution in [2.24, 2.45) is 0 Å². The van der Waals surface area contributed by atoms with Gasteiger partial charge in [0, 0.05) is 26.6 Å². The van der Waals surface area contributed by atoms with Crippen LogP contribution < -0.4 is 10.9 Å². The second kappa shape index (κ2) is 10.7. The van der Waals surface area contributed by atoms with Gasteiger partial charge < -0.3 is 10.3 Å². The number of halogens is 1. The number of thiophene rings is 1. The Morgan fingerprint density at radius 2 is 1.73 bits per heavy atom. The molecule has 0 saturated carbocycles. The number of amides is 1. The number of nitrogens with zero attached hydrogens (tertiary/aromatic N) is 1. The molecule has 0 radical (unpaired) electrons. The van der Waals surface area contributed by atoms with Gasteiger partial charge in [-0.2, -0.15) is 0 Å². The molecule has 1 amide bonds. The zero-order valence-electron chi connectivity index (χ0n) is 19.6. The quantitative estimate of drug-likeness (QED) is 0.137. The van der Waals surface area contributed by atoms with Crippen molar-refractivity contribution in [2.75, 3.05) is 11.1 Å². The molecule has 5 rings (SSSR count). The number of hydrogen-bond donors (Lipinski definition) is 2. The fraction of sp³-hybridized carbons (Fsp3) is 0.0714.